The van der Waals surface area contributed by atoms with Gasteiger partial charge in [-0.25, -0.2) is 0 Å². The molecule has 3 rings (SSSR count). The molecule has 5 nitrogen and oxygen atoms in total. The van der Waals surface area contributed by atoms with Gasteiger partial charge in [-0.05, 0) is 63.9 Å². The van der Waals surface area contributed by atoms with Crippen LogP contribution in [0.2, 0.25) is 0 Å². The molecule has 1 heterocycles. The van der Waals surface area contributed by atoms with Crippen LogP contribution >= 0.6 is 0 Å². The third kappa shape index (κ3) is 3.88. The average Bonchev–Trinajstić information content (AvgIpc) is 3.40. The Hall–Kier alpha value is -1.36. The van der Waals surface area contributed by atoms with Crippen molar-refractivity contribution in [3.63, 3.8) is 0 Å². The molecule has 2 aliphatic rings. The van der Waals surface area contributed by atoms with E-state index in [1.807, 2.05) is 24.0 Å². The standard InChI is InChI=1S/C17H28N4O/c1-11-8-19-21(10-11)13(3)12(2)18-9-16(22)20-17(14-4-5-14)15-6-7-15/h8,10,12-15,17-18H,4-7,9H2,1-3H3,(H,20,22)/t12-,13-/m0/s1. The van der Waals surface area contributed by atoms with Crippen molar-refractivity contribution in [2.75, 3.05) is 6.54 Å². The Morgan fingerprint density at radius 1 is 1.32 bits per heavy atom. The maximum absolute atomic E-state index is 12.2. The molecule has 0 aliphatic heterocycles. The number of nitrogens with one attached hydrogen (secondary N) is 2. The molecule has 22 heavy (non-hydrogen) atoms. The molecule has 2 N–H and O–H groups in total. The molecule has 2 aliphatic carbocycles. The first-order chi connectivity index (χ1) is 10.5. The molecule has 0 aromatic carbocycles. The average molecular weight is 304 g/mol. The largest absolute Gasteiger partial charge is 0.352 e. The second-order valence-corrected chi connectivity index (χ2v) is 7.18. The number of hydrogen-bond donors (Lipinski definition) is 2. The van der Waals surface area contributed by atoms with E-state index in [2.05, 4.69) is 29.6 Å². The SMILES string of the molecule is Cc1cnn([C@@H](C)[C@H](C)NCC(=O)NC(C2CC2)C2CC2)c1. The van der Waals surface area contributed by atoms with E-state index in [1.165, 1.54) is 25.7 Å². The summed E-state index contributed by atoms with van der Waals surface area (Å²) in [6, 6.07) is 0.866. The normalized spacial score (nSPS) is 20.9. The summed E-state index contributed by atoms with van der Waals surface area (Å²) >= 11 is 0. The zero-order chi connectivity index (χ0) is 15.7. The Bertz CT molecular complexity index is 506. The fourth-order valence-electron chi connectivity index (χ4n) is 3.08. The maximum Gasteiger partial charge on any atom is 0.234 e. The highest BCUT2D eigenvalue weighted by Gasteiger charge is 2.42. The Kier molecular flexibility index (Phi) is 4.52. The summed E-state index contributed by atoms with van der Waals surface area (Å²) in [6.45, 7) is 6.66. The first-order valence-corrected chi connectivity index (χ1v) is 8.58. The lowest BCUT2D eigenvalue weighted by Gasteiger charge is -2.23. The monoisotopic (exact) mass is 304 g/mol. The van der Waals surface area contributed by atoms with Gasteiger partial charge in [0.25, 0.3) is 0 Å². The summed E-state index contributed by atoms with van der Waals surface area (Å²) in [5, 5.41) is 10.9. The number of carbonyl (C=O) groups is 1. The summed E-state index contributed by atoms with van der Waals surface area (Å²) < 4.78 is 1.96. The van der Waals surface area contributed by atoms with Crippen molar-refractivity contribution in [1.29, 1.82) is 0 Å². The number of carbonyl (C=O) groups excluding carboxylic acids is 1. The van der Waals surface area contributed by atoms with Gasteiger partial charge in [-0.15, -0.1) is 0 Å². The minimum absolute atomic E-state index is 0.138. The Morgan fingerprint density at radius 3 is 2.45 bits per heavy atom. The van der Waals surface area contributed by atoms with Crippen LogP contribution in [0.15, 0.2) is 12.4 Å². The second kappa shape index (κ2) is 6.41. The minimum Gasteiger partial charge on any atom is -0.352 e. The molecule has 5 heteroatoms. The summed E-state index contributed by atoms with van der Waals surface area (Å²) in [7, 11) is 0. The number of hydrogen-bond acceptors (Lipinski definition) is 3. The lowest BCUT2D eigenvalue weighted by Crippen LogP contribution is -2.45. The van der Waals surface area contributed by atoms with Crippen molar-refractivity contribution in [2.24, 2.45) is 11.8 Å². The van der Waals surface area contributed by atoms with Crippen LogP contribution in [0.1, 0.15) is 51.1 Å². The van der Waals surface area contributed by atoms with Crippen LogP contribution < -0.4 is 10.6 Å². The van der Waals surface area contributed by atoms with Gasteiger partial charge in [0.05, 0.1) is 18.8 Å². The number of aromatic nitrogens is 2. The lowest BCUT2D eigenvalue weighted by atomic mass is 10.1. The van der Waals surface area contributed by atoms with E-state index in [9.17, 15) is 4.79 Å². The van der Waals surface area contributed by atoms with E-state index in [1.54, 1.807) is 0 Å². The van der Waals surface area contributed by atoms with Crippen molar-refractivity contribution in [2.45, 2.75) is 64.6 Å². The first-order valence-electron chi connectivity index (χ1n) is 8.58. The molecule has 2 saturated carbocycles. The lowest BCUT2D eigenvalue weighted by molar-refractivity contribution is -0.121. The predicted molar refractivity (Wildman–Crippen MR) is 86.5 cm³/mol. The Balaban J connectivity index is 1.43. The van der Waals surface area contributed by atoms with Crippen molar-refractivity contribution < 1.29 is 4.79 Å². The van der Waals surface area contributed by atoms with Gasteiger partial charge in [0.1, 0.15) is 0 Å². The van der Waals surface area contributed by atoms with Crippen LogP contribution in [0.4, 0.5) is 0 Å². The molecule has 1 aromatic rings. The molecule has 122 valence electrons. The Labute approximate surface area is 132 Å². The van der Waals surface area contributed by atoms with Gasteiger partial charge in [0, 0.05) is 18.3 Å². The fourth-order valence-corrected chi connectivity index (χ4v) is 3.08. The molecule has 0 radical (unpaired) electrons. The summed E-state index contributed by atoms with van der Waals surface area (Å²) in [5.74, 6) is 1.64. The molecule has 2 atom stereocenters. The van der Waals surface area contributed by atoms with E-state index >= 15 is 0 Å². The highest BCUT2D eigenvalue weighted by Crippen LogP contribution is 2.44. The molecular weight excluding hydrogens is 276 g/mol. The van der Waals surface area contributed by atoms with Gasteiger partial charge in [0.15, 0.2) is 0 Å². The molecule has 0 unspecified atom stereocenters. The van der Waals surface area contributed by atoms with Gasteiger partial charge in [-0.2, -0.15) is 5.10 Å². The van der Waals surface area contributed by atoms with Gasteiger partial charge in [-0.1, -0.05) is 0 Å². The number of aryl methyl sites for hydroxylation is 1. The van der Waals surface area contributed by atoms with Gasteiger partial charge in [-0.3, -0.25) is 9.48 Å². The molecule has 0 saturated heterocycles. The highest BCUT2D eigenvalue weighted by molar-refractivity contribution is 5.78. The zero-order valence-corrected chi connectivity index (χ0v) is 13.9. The van der Waals surface area contributed by atoms with Crippen molar-refractivity contribution in [1.82, 2.24) is 20.4 Å². The molecule has 2 fully saturated rings. The van der Waals surface area contributed by atoms with Crippen LogP contribution in [0.25, 0.3) is 0 Å². The summed E-state index contributed by atoms with van der Waals surface area (Å²) in [6.07, 6.45) is 9.08. The first kappa shape index (κ1) is 15.5. The number of rotatable bonds is 8. The van der Waals surface area contributed by atoms with Crippen LogP contribution in [0, 0.1) is 18.8 Å². The minimum atomic E-state index is 0.138. The highest BCUT2D eigenvalue weighted by atomic mass is 16.2. The number of amides is 1. The van der Waals surface area contributed by atoms with Crippen LogP contribution in [-0.2, 0) is 4.79 Å². The topological polar surface area (TPSA) is 59.0 Å². The Morgan fingerprint density at radius 2 is 1.95 bits per heavy atom. The van der Waals surface area contributed by atoms with E-state index in [0.29, 0.717) is 12.6 Å². The van der Waals surface area contributed by atoms with E-state index < -0.39 is 0 Å². The fraction of sp³-hybridized carbons (Fsp3) is 0.765. The van der Waals surface area contributed by atoms with Crippen molar-refractivity contribution >= 4 is 5.91 Å². The molecule has 0 bridgehead atoms. The molecular formula is C17H28N4O. The molecule has 1 aromatic heterocycles. The van der Waals surface area contributed by atoms with Gasteiger partial charge in [0.2, 0.25) is 5.91 Å². The van der Waals surface area contributed by atoms with Gasteiger partial charge < -0.3 is 10.6 Å². The molecule has 0 spiro atoms. The van der Waals surface area contributed by atoms with Crippen molar-refractivity contribution in [3.8, 4) is 0 Å². The summed E-state index contributed by atoms with van der Waals surface area (Å²) in [4.78, 5) is 12.2. The molecule has 1 amide bonds. The van der Waals surface area contributed by atoms with E-state index in [0.717, 1.165) is 17.4 Å². The van der Waals surface area contributed by atoms with E-state index in [-0.39, 0.29) is 18.0 Å². The predicted octanol–water partition coefficient (Wildman–Crippen LogP) is 2.04. The quantitative estimate of drug-likeness (QED) is 0.772. The maximum atomic E-state index is 12.2. The van der Waals surface area contributed by atoms with E-state index in [4.69, 9.17) is 0 Å². The summed E-state index contributed by atoms with van der Waals surface area (Å²) in [5.41, 5.74) is 1.16. The van der Waals surface area contributed by atoms with Gasteiger partial charge >= 0.3 is 0 Å². The van der Waals surface area contributed by atoms with Crippen LogP contribution in [0.5, 0.6) is 0 Å². The van der Waals surface area contributed by atoms with Crippen molar-refractivity contribution in [3.05, 3.63) is 18.0 Å². The van der Waals surface area contributed by atoms with Crippen LogP contribution in [0.3, 0.4) is 0 Å². The van der Waals surface area contributed by atoms with Crippen LogP contribution in [-0.4, -0.2) is 34.3 Å². The number of nitrogens with zero attached hydrogens (tertiary/aromatic N) is 2. The third-order valence-corrected chi connectivity index (χ3v) is 5.04. The zero-order valence-electron chi connectivity index (χ0n) is 13.9. The smallest absolute Gasteiger partial charge is 0.234 e. The third-order valence-electron chi connectivity index (χ3n) is 5.04. The second-order valence-electron chi connectivity index (χ2n) is 7.18.